The summed E-state index contributed by atoms with van der Waals surface area (Å²) >= 11 is 0. The Bertz CT molecular complexity index is 744. The van der Waals surface area contributed by atoms with E-state index in [1.807, 2.05) is 0 Å². The molecule has 0 aromatic carbocycles. The maximum Gasteiger partial charge on any atom is 0.371 e. The number of hydrogen-bond acceptors (Lipinski definition) is 8. The molecule has 0 saturated heterocycles. The van der Waals surface area contributed by atoms with Crippen molar-refractivity contribution in [1.82, 2.24) is 29.5 Å². The first-order valence-electron chi connectivity index (χ1n) is 6.07. The number of rotatable bonds is 6. The van der Waals surface area contributed by atoms with Crippen molar-refractivity contribution in [3.8, 4) is 0 Å². The molecule has 17 heteroatoms. The van der Waals surface area contributed by atoms with Crippen LogP contribution in [0.1, 0.15) is 0 Å². The highest BCUT2D eigenvalue weighted by Gasteiger charge is 2.59. The van der Waals surface area contributed by atoms with Gasteiger partial charge in [-0.05, 0) is 0 Å². The number of carboxylic acid groups (broad SMARTS) is 1. The number of carboxylic acids is 1. The lowest BCUT2D eigenvalue weighted by Crippen LogP contribution is -2.33. The van der Waals surface area contributed by atoms with Gasteiger partial charge in [-0.25, -0.2) is 0 Å². The highest BCUT2D eigenvalue weighted by Crippen LogP contribution is 2.67. The van der Waals surface area contributed by atoms with Crippen molar-refractivity contribution in [3.05, 3.63) is 25.3 Å². The van der Waals surface area contributed by atoms with Gasteiger partial charge in [-0.1, -0.05) is 0 Å². The van der Waals surface area contributed by atoms with Gasteiger partial charge >= 0.3 is 21.2 Å². The first-order chi connectivity index (χ1) is 11.4. The quantitative estimate of drug-likeness (QED) is 0.279. The van der Waals surface area contributed by atoms with Crippen molar-refractivity contribution < 1.29 is 43.7 Å². The Kier molecular flexibility index (Phi) is 6.68. The number of nitrogens with zero attached hydrogens (tertiary/aromatic N) is 6. The summed E-state index contributed by atoms with van der Waals surface area (Å²) in [7, 11) is -10.9. The van der Waals surface area contributed by atoms with E-state index in [4.69, 9.17) is 24.7 Å². The third-order valence-electron chi connectivity index (χ3n) is 2.58. The minimum absolute atomic E-state index is 0.0764. The first kappa shape index (κ1) is 21.1. The maximum atomic E-state index is 10.9. The molecule has 0 aliphatic carbocycles. The fourth-order valence-corrected chi connectivity index (χ4v) is 3.42. The first-order valence-corrected chi connectivity index (χ1v) is 9.29. The summed E-state index contributed by atoms with van der Waals surface area (Å²) in [6, 6.07) is 0. The van der Waals surface area contributed by atoms with Crippen molar-refractivity contribution in [1.29, 1.82) is 0 Å². The lowest BCUT2D eigenvalue weighted by Gasteiger charge is -2.28. The van der Waals surface area contributed by atoms with Crippen molar-refractivity contribution in [2.75, 3.05) is 0 Å². The van der Waals surface area contributed by atoms with Crippen LogP contribution in [0.25, 0.3) is 0 Å². The molecule has 0 unspecified atom stereocenters. The van der Waals surface area contributed by atoms with E-state index in [2.05, 4.69) is 20.4 Å². The topological polar surface area (TPSA) is 234 Å². The van der Waals surface area contributed by atoms with Crippen LogP contribution in [0.3, 0.4) is 0 Å². The van der Waals surface area contributed by atoms with Crippen molar-refractivity contribution >= 4 is 21.2 Å². The molecule has 6 N–H and O–H groups in total. The van der Waals surface area contributed by atoms with E-state index in [1.54, 1.807) is 0 Å². The molecule has 2 aromatic heterocycles. The third kappa shape index (κ3) is 5.79. The Hall–Kier alpha value is -1.99. The molecule has 25 heavy (non-hydrogen) atoms. The van der Waals surface area contributed by atoms with Crippen LogP contribution in [0, 0.1) is 0 Å². The summed E-state index contributed by atoms with van der Waals surface area (Å²) < 4.78 is 24.1. The molecule has 0 aliphatic rings. The molecule has 2 heterocycles. The molecule has 0 atom stereocenters. The van der Waals surface area contributed by atoms with E-state index in [1.165, 1.54) is 17.2 Å². The van der Waals surface area contributed by atoms with Crippen molar-refractivity contribution in [2.45, 2.75) is 18.2 Å². The molecule has 140 valence electrons. The Morgan fingerprint density at radius 2 is 1.24 bits per heavy atom. The molecule has 0 saturated carbocycles. The molecule has 0 bridgehead atoms. The standard InChI is InChI=1S/C4H9N3O7P2.C4H5N3O2/c8-4(15(9,10)11,16(12,13)14)1-7-2-5-6-3-7;8-4(9)1-7-2-5-6-3-7/h2-3,8H,1H2,(H2,9,10,11)(H2,12,13,14);2-3H,1H2,(H,8,9). The van der Waals surface area contributed by atoms with Crippen LogP contribution in [-0.4, -0.2) is 70.4 Å². The van der Waals surface area contributed by atoms with Crippen LogP contribution in [0.2, 0.25) is 0 Å². The van der Waals surface area contributed by atoms with Crippen molar-refractivity contribution in [3.63, 3.8) is 0 Å². The monoisotopic (exact) mass is 400 g/mol. The van der Waals surface area contributed by atoms with Gasteiger partial charge in [-0.2, -0.15) is 0 Å². The van der Waals surface area contributed by atoms with E-state index in [0.717, 1.165) is 17.2 Å². The number of hydrogen-bond donors (Lipinski definition) is 6. The van der Waals surface area contributed by atoms with E-state index in [0.29, 0.717) is 0 Å². The van der Waals surface area contributed by atoms with Gasteiger partial charge in [0.2, 0.25) is 0 Å². The summed E-state index contributed by atoms with van der Waals surface area (Å²) in [5.41, 5.74) is 0. The smallest absolute Gasteiger partial charge is 0.371 e. The van der Waals surface area contributed by atoms with Crippen LogP contribution in [0.15, 0.2) is 25.3 Å². The molecule has 0 radical (unpaired) electrons. The van der Waals surface area contributed by atoms with Gasteiger partial charge in [0.05, 0.1) is 6.54 Å². The van der Waals surface area contributed by atoms with Crippen LogP contribution in [-0.2, 0) is 27.0 Å². The normalized spacial score (nSPS) is 12.4. The van der Waals surface area contributed by atoms with E-state index in [9.17, 15) is 19.0 Å². The van der Waals surface area contributed by atoms with Crippen LogP contribution in [0.4, 0.5) is 0 Å². The van der Waals surface area contributed by atoms with Gasteiger partial charge in [-0.3, -0.25) is 13.9 Å². The van der Waals surface area contributed by atoms with Crippen LogP contribution >= 0.6 is 15.2 Å². The second-order valence-corrected chi connectivity index (χ2v) is 8.53. The zero-order valence-electron chi connectivity index (χ0n) is 12.2. The predicted octanol–water partition coefficient (Wildman–Crippen LogP) is -2.36. The highest BCUT2D eigenvalue weighted by molar-refractivity contribution is 7.72. The minimum Gasteiger partial charge on any atom is -0.480 e. The molecule has 2 aromatic rings. The second-order valence-electron chi connectivity index (χ2n) is 4.52. The largest absolute Gasteiger partial charge is 0.480 e. The summed E-state index contributed by atoms with van der Waals surface area (Å²) in [4.78, 5) is 45.1. The van der Waals surface area contributed by atoms with Gasteiger partial charge in [0.25, 0.3) is 5.08 Å². The zero-order chi connectivity index (χ0) is 19.3. The summed E-state index contributed by atoms with van der Waals surface area (Å²) in [6.07, 6.45) is 4.62. The number of carbonyl (C=O) groups is 1. The molecule has 0 spiro atoms. The Balaban J connectivity index is 0.000000293. The SMILES string of the molecule is O=C(O)Cn1cnnc1.O=P(O)(O)C(O)(Cn1cnnc1)P(=O)(O)O. The molecular formula is C8H14N6O9P2. The molecule has 0 aliphatic heterocycles. The van der Waals surface area contributed by atoms with Gasteiger partial charge < -0.3 is 38.9 Å². The van der Waals surface area contributed by atoms with Gasteiger partial charge in [0.1, 0.15) is 31.9 Å². The number of aliphatic carboxylic acids is 1. The van der Waals surface area contributed by atoms with E-state index >= 15 is 0 Å². The minimum atomic E-state index is -5.43. The predicted molar refractivity (Wildman–Crippen MR) is 76.7 cm³/mol. The highest BCUT2D eigenvalue weighted by atomic mass is 31.2. The maximum absolute atomic E-state index is 10.9. The van der Waals surface area contributed by atoms with E-state index in [-0.39, 0.29) is 6.54 Å². The Morgan fingerprint density at radius 1 is 0.880 bits per heavy atom. The average molecular weight is 400 g/mol. The third-order valence-corrected chi connectivity index (χ3v) is 6.29. The van der Waals surface area contributed by atoms with Crippen molar-refractivity contribution in [2.24, 2.45) is 0 Å². The zero-order valence-corrected chi connectivity index (χ0v) is 14.0. The Labute approximate surface area is 138 Å². The second kappa shape index (κ2) is 7.93. The number of aromatic nitrogens is 6. The summed E-state index contributed by atoms with van der Waals surface area (Å²) in [5, 5.41) is 27.6. The molecule has 0 amide bonds. The summed E-state index contributed by atoms with van der Waals surface area (Å²) in [5.74, 6) is -0.894. The molecule has 2 rings (SSSR count). The lowest BCUT2D eigenvalue weighted by molar-refractivity contribution is -0.137. The molecule has 15 nitrogen and oxygen atoms in total. The van der Waals surface area contributed by atoms with Gasteiger partial charge in [0, 0.05) is 0 Å². The van der Waals surface area contributed by atoms with E-state index < -0.39 is 32.8 Å². The summed E-state index contributed by atoms with van der Waals surface area (Å²) in [6.45, 7) is -1.10. The Morgan fingerprint density at radius 3 is 1.56 bits per heavy atom. The van der Waals surface area contributed by atoms with Crippen LogP contribution < -0.4 is 0 Å². The molecule has 0 fully saturated rings. The van der Waals surface area contributed by atoms with Gasteiger partial charge in [-0.15, -0.1) is 20.4 Å². The van der Waals surface area contributed by atoms with Gasteiger partial charge in [0.15, 0.2) is 0 Å². The number of aliphatic hydroxyl groups is 1. The molecular weight excluding hydrogens is 386 g/mol. The average Bonchev–Trinajstić information content (AvgIpc) is 3.09. The lowest BCUT2D eigenvalue weighted by atomic mass is 10.6. The van der Waals surface area contributed by atoms with Crippen LogP contribution in [0.5, 0.6) is 0 Å². The fourth-order valence-electron chi connectivity index (χ4n) is 1.36. The fraction of sp³-hybridized carbons (Fsp3) is 0.375.